The Hall–Kier alpha value is -1.00. The van der Waals surface area contributed by atoms with E-state index in [9.17, 15) is 0 Å². The third kappa shape index (κ3) is 2.70. The van der Waals surface area contributed by atoms with Crippen LogP contribution >= 0.6 is 27.5 Å². The fourth-order valence-corrected chi connectivity index (χ4v) is 2.69. The molecule has 2 N–H and O–H groups in total. The lowest BCUT2D eigenvalue weighted by Gasteiger charge is -2.07. The van der Waals surface area contributed by atoms with Crippen LogP contribution in [0.3, 0.4) is 0 Å². The van der Waals surface area contributed by atoms with Gasteiger partial charge in [-0.25, -0.2) is 0 Å². The molecule has 0 aliphatic heterocycles. The van der Waals surface area contributed by atoms with Crippen LogP contribution in [0.1, 0.15) is 19.4 Å². The molecule has 0 fully saturated rings. The fourth-order valence-electron chi connectivity index (χ4n) is 1.82. The molecule has 5 heteroatoms. The Balaban J connectivity index is 2.50. The molecule has 0 aliphatic carbocycles. The maximum Gasteiger partial charge on any atom is 0.225 e. The summed E-state index contributed by atoms with van der Waals surface area (Å²) in [5, 5.41) is 4.73. The molecule has 2 aromatic rings. The summed E-state index contributed by atoms with van der Waals surface area (Å²) in [5.41, 5.74) is 8.51. The molecule has 0 amide bonds. The highest BCUT2D eigenvalue weighted by Crippen LogP contribution is 2.35. The Kier molecular flexibility index (Phi) is 3.97. The first-order valence-electron chi connectivity index (χ1n) is 5.68. The van der Waals surface area contributed by atoms with Gasteiger partial charge in [-0.2, -0.15) is 0 Å². The van der Waals surface area contributed by atoms with E-state index in [1.165, 1.54) is 0 Å². The zero-order valence-electron chi connectivity index (χ0n) is 10.2. The van der Waals surface area contributed by atoms with Crippen LogP contribution in [0.15, 0.2) is 27.2 Å². The number of hydrogen-bond acceptors (Lipinski definition) is 3. The molecule has 0 spiro atoms. The maximum atomic E-state index is 5.94. The average molecular weight is 330 g/mol. The number of nitrogens with two attached hydrogens (primary N) is 1. The van der Waals surface area contributed by atoms with Gasteiger partial charge in [-0.3, -0.25) is 0 Å². The summed E-state index contributed by atoms with van der Waals surface area (Å²) in [6.07, 6.45) is 0.833. The van der Waals surface area contributed by atoms with Crippen molar-refractivity contribution >= 4 is 33.4 Å². The summed E-state index contributed by atoms with van der Waals surface area (Å²) in [6.45, 7) is 4.26. The van der Waals surface area contributed by atoms with E-state index in [1.54, 1.807) is 0 Å². The van der Waals surface area contributed by atoms with Crippen molar-refractivity contribution in [1.29, 1.82) is 0 Å². The second-order valence-electron chi connectivity index (χ2n) is 4.60. The summed E-state index contributed by atoms with van der Waals surface area (Å²) >= 11 is 9.42. The molecule has 18 heavy (non-hydrogen) atoms. The van der Waals surface area contributed by atoms with Gasteiger partial charge in [-0.05, 0) is 24.5 Å². The molecule has 1 aromatic carbocycles. The van der Waals surface area contributed by atoms with Crippen molar-refractivity contribution in [3.63, 3.8) is 0 Å². The predicted molar refractivity (Wildman–Crippen MR) is 77.6 cm³/mol. The van der Waals surface area contributed by atoms with Crippen LogP contribution in [0.2, 0.25) is 5.02 Å². The minimum absolute atomic E-state index is 0.389. The molecule has 0 aliphatic rings. The Bertz CT molecular complexity index is 566. The highest BCUT2D eigenvalue weighted by molar-refractivity contribution is 9.10. The van der Waals surface area contributed by atoms with Gasteiger partial charge < -0.3 is 10.3 Å². The van der Waals surface area contributed by atoms with Crippen LogP contribution in [0.5, 0.6) is 0 Å². The first-order valence-corrected chi connectivity index (χ1v) is 6.85. The van der Waals surface area contributed by atoms with E-state index in [4.69, 9.17) is 21.9 Å². The molecule has 1 heterocycles. The Labute approximate surface area is 119 Å². The van der Waals surface area contributed by atoms with Gasteiger partial charge in [-0.1, -0.05) is 52.6 Å². The predicted octanol–water partition coefficient (Wildman–Crippen LogP) is 4.54. The van der Waals surface area contributed by atoms with Gasteiger partial charge >= 0.3 is 0 Å². The number of halogens is 2. The van der Waals surface area contributed by atoms with E-state index in [0.29, 0.717) is 16.8 Å². The highest BCUT2D eigenvalue weighted by Gasteiger charge is 2.18. The number of rotatable bonds is 3. The second kappa shape index (κ2) is 5.33. The monoisotopic (exact) mass is 328 g/mol. The molecular formula is C13H14BrClN2O. The number of nitrogen functional groups attached to an aromatic ring is 1. The third-order valence-corrected chi connectivity index (χ3v) is 3.51. The normalized spacial score (nSPS) is 11.2. The quantitative estimate of drug-likeness (QED) is 0.899. The largest absolute Gasteiger partial charge is 0.367 e. The highest BCUT2D eigenvalue weighted by atomic mass is 79.9. The summed E-state index contributed by atoms with van der Waals surface area (Å²) in [5.74, 6) is 0.872. The molecule has 0 saturated carbocycles. The van der Waals surface area contributed by atoms with Gasteiger partial charge in [0.2, 0.25) is 5.88 Å². The van der Waals surface area contributed by atoms with Crippen molar-refractivity contribution in [2.75, 3.05) is 5.73 Å². The van der Waals surface area contributed by atoms with Gasteiger partial charge in [0.25, 0.3) is 0 Å². The van der Waals surface area contributed by atoms with Gasteiger partial charge in [0.15, 0.2) is 0 Å². The van der Waals surface area contributed by atoms with Crippen LogP contribution in [-0.4, -0.2) is 5.16 Å². The summed E-state index contributed by atoms with van der Waals surface area (Å²) < 4.78 is 5.99. The van der Waals surface area contributed by atoms with Crippen LogP contribution in [0.25, 0.3) is 11.3 Å². The van der Waals surface area contributed by atoms with E-state index in [1.807, 2.05) is 18.2 Å². The fraction of sp³-hybridized carbons (Fsp3) is 0.308. The molecule has 0 atom stereocenters. The minimum atomic E-state index is 0.389. The summed E-state index contributed by atoms with van der Waals surface area (Å²) in [4.78, 5) is 0. The first-order chi connectivity index (χ1) is 8.49. The van der Waals surface area contributed by atoms with E-state index in [0.717, 1.165) is 27.7 Å². The van der Waals surface area contributed by atoms with Crippen molar-refractivity contribution in [3.05, 3.63) is 33.3 Å². The molecule has 0 bridgehead atoms. The molecule has 2 rings (SSSR count). The number of nitrogens with zero attached hydrogens (tertiary/aromatic N) is 1. The molecule has 96 valence electrons. The number of hydrogen-bond donors (Lipinski definition) is 1. The van der Waals surface area contributed by atoms with Gasteiger partial charge in [0.1, 0.15) is 5.69 Å². The van der Waals surface area contributed by atoms with Crippen LogP contribution in [-0.2, 0) is 6.42 Å². The Morgan fingerprint density at radius 2 is 2.17 bits per heavy atom. The number of anilines is 1. The Morgan fingerprint density at radius 1 is 1.44 bits per heavy atom. The molecule has 0 unspecified atom stereocenters. The smallest absolute Gasteiger partial charge is 0.225 e. The maximum absolute atomic E-state index is 5.94. The van der Waals surface area contributed by atoms with Crippen LogP contribution < -0.4 is 5.73 Å². The lowest BCUT2D eigenvalue weighted by molar-refractivity contribution is 0.438. The number of benzene rings is 1. The van der Waals surface area contributed by atoms with Crippen molar-refractivity contribution in [3.8, 4) is 11.3 Å². The molecule has 1 aromatic heterocycles. The first kappa shape index (κ1) is 13.4. The Morgan fingerprint density at radius 3 is 2.78 bits per heavy atom. The lowest BCUT2D eigenvalue weighted by Crippen LogP contribution is -1.98. The lowest BCUT2D eigenvalue weighted by atomic mass is 9.99. The van der Waals surface area contributed by atoms with Gasteiger partial charge in [-0.15, -0.1) is 0 Å². The topological polar surface area (TPSA) is 52.0 Å². The summed E-state index contributed by atoms with van der Waals surface area (Å²) in [6, 6.07) is 5.57. The standard InChI is InChI=1S/C13H14BrClN2O/c1-7(2)5-10-12(17-18-13(10)16)9-4-3-8(15)6-11(9)14/h3-4,6-7H,5,16H2,1-2H3. The van der Waals surface area contributed by atoms with Gasteiger partial charge in [0.05, 0.1) is 0 Å². The van der Waals surface area contributed by atoms with E-state index in [-0.39, 0.29) is 0 Å². The molecule has 0 saturated heterocycles. The van der Waals surface area contributed by atoms with E-state index >= 15 is 0 Å². The van der Waals surface area contributed by atoms with Crippen molar-refractivity contribution in [1.82, 2.24) is 5.16 Å². The molecule has 3 nitrogen and oxygen atoms in total. The zero-order chi connectivity index (χ0) is 13.3. The van der Waals surface area contributed by atoms with E-state index in [2.05, 4.69) is 34.9 Å². The van der Waals surface area contributed by atoms with Crippen molar-refractivity contribution < 1.29 is 4.52 Å². The van der Waals surface area contributed by atoms with Crippen molar-refractivity contribution in [2.45, 2.75) is 20.3 Å². The van der Waals surface area contributed by atoms with E-state index < -0.39 is 0 Å². The molecule has 0 radical (unpaired) electrons. The molecular weight excluding hydrogens is 316 g/mol. The summed E-state index contributed by atoms with van der Waals surface area (Å²) in [7, 11) is 0. The van der Waals surface area contributed by atoms with Gasteiger partial charge in [0, 0.05) is 20.6 Å². The SMILES string of the molecule is CC(C)Cc1c(-c2ccc(Cl)cc2Br)noc1N. The van der Waals surface area contributed by atoms with Crippen LogP contribution in [0, 0.1) is 5.92 Å². The van der Waals surface area contributed by atoms with Crippen molar-refractivity contribution in [2.24, 2.45) is 5.92 Å². The minimum Gasteiger partial charge on any atom is -0.367 e. The number of aromatic nitrogens is 1. The second-order valence-corrected chi connectivity index (χ2v) is 5.89. The average Bonchev–Trinajstić information content (AvgIpc) is 2.60. The third-order valence-electron chi connectivity index (χ3n) is 2.62. The van der Waals surface area contributed by atoms with Crippen LogP contribution in [0.4, 0.5) is 5.88 Å². The zero-order valence-corrected chi connectivity index (χ0v) is 12.5.